The van der Waals surface area contributed by atoms with Gasteiger partial charge in [0.1, 0.15) is 12.2 Å². The fraction of sp³-hybridized carbons (Fsp3) is 0.115. The minimum atomic E-state index is -0.783. The van der Waals surface area contributed by atoms with Gasteiger partial charge in [-0.05, 0) is 88.7 Å². The Balaban J connectivity index is 1.59. The van der Waals surface area contributed by atoms with E-state index < -0.39 is 17.8 Å². The van der Waals surface area contributed by atoms with Crippen LogP contribution in [-0.4, -0.2) is 25.0 Å². The van der Waals surface area contributed by atoms with Crippen LogP contribution in [0.5, 0.6) is 11.5 Å². The number of imide groups is 2. The van der Waals surface area contributed by atoms with E-state index >= 15 is 0 Å². The van der Waals surface area contributed by atoms with Gasteiger partial charge in [0.2, 0.25) is 0 Å². The van der Waals surface area contributed by atoms with E-state index in [1.807, 2.05) is 37.3 Å². The molecule has 1 aliphatic rings. The number of nitrogens with zero attached hydrogens (tertiary/aromatic N) is 1. The molecule has 0 unspecified atom stereocenters. The van der Waals surface area contributed by atoms with E-state index in [-0.39, 0.29) is 5.57 Å². The van der Waals surface area contributed by atoms with E-state index in [0.29, 0.717) is 29.4 Å². The maximum atomic E-state index is 13.1. The molecular weight excluding hydrogens is 547 g/mol. The molecule has 3 aromatic rings. The van der Waals surface area contributed by atoms with Crippen molar-refractivity contribution in [3.05, 3.63) is 92.6 Å². The lowest BCUT2D eigenvalue weighted by atomic mass is 10.1. The number of ether oxygens (including phenoxy) is 2. The Hall–Kier alpha value is -3.66. The van der Waals surface area contributed by atoms with Crippen molar-refractivity contribution in [2.45, 2.75) is 13.5 Å². The van der Waals surface area contributed by atoms with E-state index in [2.05, 4.69) is 27.9 Å². The molecule has 3 aromatic carbocycles. The number of aryl methyl sites for hydroxylation is 1. The van der Waals surface area contributed by atoms with Gasteiger partial charge in [0.15, 0.2) is 11.5 Å². The number of benzene rings is 3. The third kappa shape index (κ3) is 5.12. The van der Waals surface area contributed by atoms with Gasteiger partial charge in [-0.3, -0.25) is 14.9 Å². The number of amides is 4. The van der Waals surface area contributed by atoms with Crippen molar-refractivity contribution < 1.29 is 23.9 Å². The van der Waals surface area contributed by atoms with Crippen molar-refractivity contribution in [3.63, 3.8) is 0 Å². The average Bonchev–Trinajstić information content (AvgIpc) is 2.81. The van der Waals surface area contributed by atoms with Crippen molar-refractivity contribution >= 4 is 52.2 Å². The summed E-state index contributed by atoms with van der Waals surface area (Å²) in [6.07, 6.45) is 1.43. The van der Waals surface area contributed by atoms with E-state index in [1.54, 1.807) is 36.4 Å². The molecule has 0 aromatic heterocycles. The van der Waals surface area contributed by atoms with Gasteiger partial charge < -0.3 is 9.47 Å². The molecule has 0 saturated carbocycles. The summed E-state index contributed by atoms with van der Waals surface area (Å²) in [4.78, 5) is 38.9. The predicted octanol–water partition coefficient (Wildman–Crippen LogP) is 4.85. The Labute approximate surface area is 210 Å². The summed E-state index contributed by atoms with van der Waals surface area (Å²) in [5.74, 6) is -0.469. The van der Waals surface area contributed by atoms with Crippen LogP contribution in [0.4, 0.5) is 10.5 Å². The lowest BCUT2D eigenvalue weighted by Gasteiger charge is -2.26. The van der Waals surface area contributed by atoms with Crippen LogP contribution in [0.1, 0.15) is 16.7 Å². The number of anilines is 1. The molecule has 1 fully saturated rings. The second kappa shape index (κ2) is 10.1. The Bertz CT molecular complexity index is 1300. The summed E-state index contributed by atoms with van der Waals surface area (Å²) < 4.78 is 12.5. The second-order valence-corrected chi connectivity index (χ2v) is 8.87. The third-order valence-electron chi connectivity index (χ3n) is 5.17. The molecule has 0 bridgehead atoms. The topological polar surface area (TPSA) is 84.9 Å². The van der Waals surface area contributed by atoms with Crippen LogP contribution in [-0.2, 0) is 16.2 Å². The monoisotopic (exact) mass is 568 g/mol. The van der Waals surface area contributed by atoms with Crippen LogP contribution < -0.4 is 19.7 Å². The predicted molar refractivity (Wildman–Crippen MR) is 137 cm³/mol. The number of carbonyl (C=O) groups excluding carboxylic acids is 3. The number of barbiturate groups is 1. The molecule has 1 heterocycles. The first-order chi connectivity index (χ1) is 16.4. The Kier molecular flexibility index (Phi) is 6.97. The zero-order chi connectivity index (χ0) is 24.2. The first kappa shape index (κ1) is 23.5. The number of hydrogen-bond acceptors (Lipinski definition) is 5. The first-order valence-electron chi connectivity index (χ1n) is 10.4. The van der Waals surface area contributed by atoms with E-state index in [0.717, 1.165) is 19.6 Å². The molecule has 1 N–H and O–H groups in total. The minimum absolute atomic E-state index is 0.157. The highest BCUT2D eigenvalue weighted by Crippen LogP contribution is 2.30. The van der Waals surface area contributed by atoms with Crippen LogP contribution in [0.3, 0.4) is 0 Å². The number of halogens is 1. The minimum Gasteiger partial charge on any atom is -0.493 e. The highest BCUT2D eigenvalue weighted by molar-refractivity contribution is 14.1. The fourth-order valence-electron chi connectivity index (χ4n) is 3.46. The van der Waals surface area contributed by atoms with Crippen molar-refractivity contribution in [2.75, 3.05) is 12.0 Å². The summed E-state index contributed by atoms with van der Waals surface area (Å²) in [6, 6.07) is 19.2. The van der Waals surface area contributed by atoms with Gasteiger partial charge in [0, 0.05) is 3.57 Å². The standard InChI is InChI=1S/C26H21IN2O5/c1-16-4-3-5-20(12-16)29-25(31)21(24(30)28-26(29)32)13-18-8-11-22(23(14-18)33-2)34-15-17-6-9-19(27)10-7-17/h3-14H,15H2,1-2H3,(H,28,30,32)/b21-13+. The summed E-state index contributed by atoms with van der Waals surface area (Å²) in [6.45, 7) is 2.22. The van der Waals surface area contributed by atoms with Gasteiger partial charge in [-0.2, -0.15) is 0 Å². The van der Waals surface area contributed by atoms with Gasteiger partial charge >= 0.3 is 6.03 Å². The number of urea groups is 1. The van der Waals surface area contributed by atoms with Crippen LogP contribution in [0.2, 0.25) is 0 Å². The van der Waals surface area contributed by atoms with E-state index in [9.17, 15) is 14.4 Å². The molecule has 7 nitrogen and oxygen atoms in total. The molecule has 8 heteroatoms. The summed E-state index contributed by atoms with van der Waals surface area (Å²) in [5, 5.41) is 2.23. The Morgan fingerprint density at radius 1 is 0.971 bits per heavy atom. The average molecular weight is 568 g/mol. The van der Waals surface area contributed by atoms with Crippen LogP contribution in [0.25, 0.3) is 6.08 Å². The lowest BCUT2D eigenvalue weighted by Crippen LogP contribution is -2.54. The second-order valence-electron chi connectivity index (χ2n) is 7.62. The molecule has 1 saturated heterocycles. The van der Waals surface area contributed by atoms with Crippen molar-refractivity contribution in [3.8, 4) is 11.5 Å². The van der Waals surface area contributed by atoms with Crippen molar-refractivity contribution in [1.29, 1.82) is 0 Å². The molecule has 0 aliphatic carbocycles. The van der Waals surface area contributed by atoms with Crippen molar-refractivity contribution in [2.24, 2.45) is 0 Å². The van der Waals surface area contributed by atoms with Gasteiger partial charge in [0.05, 0.1) is 12.8 Å². The first-order valence-corrected chi connectivity index (χ1v) is 11.5. The molecule has 4 rings (SSSR count). The summed E-state index contributed by atoms with van der Waals surface area (Å²) in [7, 11) is 1.51. The molecular formula is C26H21IN2O5. The maximum absolute atomic E-state index is 13.1. The third-order valence-corrected chi connectivity index (χ3v) is 5.89. The highest BCUT2D eigenvalue weighted by atomic mass is 127. The largest absolute Gasteiger partial charge is 0.493 e. The normalized spacial score (nSPS) is 14.9. The molecule has 1 aliphatic heterocycles. The smallest absolute Gasteiger partial charge is 0.335 e. The molecule has 4 amide bonds. The highest BCUT2D eigenvalue weighted by Gasteiger charge is 2.36. The van der Waals surface area contributed by atoms with E-state index in [4.69, 9.17) is 9.47 Å². The van der Waals surface area contributed by atoms with Gasteiger partial charge in [0.25, 0.3) is 11.8 Å². The number of carbonyl (C=O) groups is 3. The number of methoxy groups -OCH3 is 1. The number of rotatable bonds is 6. The van der Waals surface area contributed by atoms with Crippen LogP contribution >= 0.6 is 22.6 Å². The fourth-order valence-corrected chi connectivity index (χ4v) is 3.82. The Morgan fingerprint density at radius 2 is 1.74 bits per heavy atom. The zero-order valence-corrected chi connectivity index (χ0v) is 20.7. The van der Waals surface area contributed by atoms with Crippen LogP contribution in [0, 0.1) is 10.5 Å². The van der Waals surface area contributed by atoms with Gasteiger partial charge in [-0.25, -0.2) is 9.69 Å². The van der Waals surface area contributed by atoms with Crippen molar-refractivity contribution in [1.82, 2.24) is 5.32 Å². The van der Waals surface area contributed by atoms with Crippen LogP contribution in [0.15, 0.2) is 72.3 Å². The van der Waals surface area contributed by atoms with Gasteiger partial charge in [-0.1, -0.05) is 30.3 Å². The number of hydrogen-bond donors (Lipinski definition) is 1. The summed E-state index contributed by atoms with van der Waals surface area (Å²) in [5.41, 5.74) is 2.68. The quantitative estimate of drug-likeness (QED) is 0.261. The molecule has 172 valence electrons. The van der Waals surface area contributed by atoms with E-state index in [1.165, 1.54) is 13.2 Å². The SMILES string of the molecule is COc1cc(/C=C2\C(=O)NC(=O)N(c3cccc(C)c3)C2=O)ccc1OCc1ccc(I)cc1. The Morgan fingerprint density at radius 3 is 2.44 bits per heavy atom. The molecule has 0 atom stereocenters. The molecule has 0 radical (unpaired) electrons. The molecule has 0 spiro atoms. The van der Waals surface area contributed by atoms with Gasteiger partial charge in [-0.15, -0.1) is 0 Å². The lowest BCUT2D eigenvalue weighted by molar-refractivity contribution is -0.122. The molecule has 34 heavy (non-hydrogen) atoms. The number of nitrogens with one attached hydrogen (secondary N) is 1. The summed E-state index contributed by atoms with van der Waals surface area (Å²) >= 11 is 2.24. The maximum Gasteiger partial charge on any atom is 0.335 e. The zero-order valence-electron chi connectivity index (χ0n) is 18.5.